The van der Waals surface area contributed by atoms with Crippen LogP contribution in [0.1, 0.15) is 10.4 Å². The number of pyridine rings is 1. The Balaban J connectivity index is 2.54. The van der Waals surface area contributed by atoms with E-state index in [4.69, 9.17) is 0 Å². The number of rotatable bonds is 2. The van der Waals surface area contributed by atoms with Crippen molar-refractivity contribution in [2.75, 3.05) is 7.11 Å². The topological polar surface area (TPSA) is 39.2 Å². The van der Waals surface area contributed by atoms with E-state index >= 15 is 0 Å². The van der Waals surface area contributed by atoms with Gasteiger partial charge in [-0.1, -0.05) is 12.1 Å². The van der Waals surface area contributed by atoms with Crippen molar-refractivity contribution in [2.24, 2.45) is 0 Å². The van der Waals surface area contributed by atoms with Crippen molar-refractivity contribution in [3.8, 4) is 11.1 Å². The summed E-state index contributed by atoms with van der Waals surface area (Å²) in [6.45, 7) is 0. The number of hydrogen-bond acceptors (Lipinski definition) is 3. The zero-order chi connectivity index (χ0) is 12.3. The maximum Gasteiger partial charge on any atom is 0.340 e. The van der Waals surface area contributed by atoms with Crippen molar-refractivity contribution in [2.45, 2.75) is 0 Å². The number of hydrogen-bond donors (Lipinski definition) is 0. The van der Waals surface area contributed by atoms with E-state index in [0.717, 1.165) is 0 Å². The van der Waals surface area contributed by atoms with Crippen LogP contribution in [-0.4, -0.2) is 18.1 Å². The van der Waals surface area contributed by atoms with E-state index in [1.807, 2.05) is 0 Å². The number of benzene rings is 1. The van der Waals surface area contributed by atoms with E-state index in [9.17, 15) is 9.18 Å². The number of nitrogens with zero attached hydrogens (tertiary/aromatic N) is 1. The minimum Gasteiger partial charge on any atom is -0.465 e. The standard InChI is InChI=1S/C13H10FNO2/c1-17-13(16)11-4-2-3-10(12(11)14)9-5-7-15-8-6-9/h2-8H,1H3. The molecule has 1 heterocycles. The predicted molar refractivity (Wildman–Crippen MR) is 61.0 cm³/mol. The van der Waals surface area contributed by atoms with E-state index in [0.29, 0.717) is 11.1 Å². The lowest BCUT2D eigenvalue weighted by atomic mass is 10.0. The first kappa shape index (κ1) is 11.3. The molecule has 1 aromatic heterocycles. The minimum absolute atomic E-state index is 0.0678. The zero-order valence-corrected chi connectivity index (χ0v) is 9.18. The Morgan fingerprint density at radius 2 is 1.94 bits per heavy atom. The van der Waals surface area contributed by atoms with Crippen molar-refractivity contribution in [1.82, 2.24) is 4.98 Å². The number of carbonyl (C=O) groups is 1. The Hall–Kier alpha value is -2.23. The van der Waals surface area contributed by atoms with Gasteiger partial charge in [-0.3, -0.25) is 4.98 Å². The van der Waals surface area contributed by atoms with E-state index < -0.39 is 11.8 Å². The molecule has 4 heteroatoms. The number of esters is 1. The number of ether oxygens (including phenoxy) is 1. The number of aromatic nitrogens is 1. The fourth-order valence-electron chi connectivity index (χ4n) is 1.55. The molecule has 0 aliphatic rings. The van der Waals surface area contributed by atoms with Crippen LogP contribution in [0.25, 0.3) is 11.1 Å². The van der Waals surface area contributed by atoms with Crippen molar-refractivity contribution in [3.63, 3.8) is 0 Å². The third kappa shape index (κ3) is 2.15. The Morgan fingerprint density at radius 1 is 1.24 bits per heavy atom. The second-order valence-electron chi connectivity index (χ2n) is 3.39. The van der Waals surface area contributed by atoms with Crippen LogP contribution in [0.15, 0.2) is 42.7 Å². The van der Waals surface area contributed by atoms with Gasteiger partial charge in [-0.15, -0.1) is 0 Å². The second kappa shape index (κ2) is 4.74. The molecule has 0 atom stereocenters. The molecule has 17 heavy (non-hydrogen) atoms. The summed E-state index contributed by atoms with van der Waals surface area (Å²) < 4.78 is 18.6. The van der Waals surface area contributed by atoms with Gasteiger partial charge in [0.25, 0.3) is 0 Å². The molecular formula is C13H10FNO2. The highest BCUT2D eigenvalue weighted by molar-refractivity contribution is 5.91. The van der Waals surface area contributed by atoms with Gasteiger partial charge < -0.3 is 4.74 Å². The van der Waals surface area contributed by atoms with Crippen LogP contribution >= 0.6 is 0 Å². The van der Waals surface area contributed by atoms with Gasteiger partial charge in [-0.05, 0) is 23.8 Å². The molecule has 2 rings (SSSR count). The van der Waals surface area contributed by atoms with E-state index in [1.54, 1.807) is 36.7 Å². The lowest BCUT2D eigenvalue weighted by Crippen LogP contribution is -2.05. The summed E-state index contributed by atoms with van der Waals surface area (Å²) in [6.07, 6.45) is 3.14. The van der Waals surface area contributed by atoms with Gasteiger partial charge in [0.2, 0.25) is 0 Å². The number of methoxy groups -OCH3 is 1. The molecule has 86 valence electrons. The molecule has 0 N–H and O–H groups in total. The normalized spacial score (nSPS) is 10.0. The van der Waals surface area contributed by atoms with Crippen molar-refractivity contribution >= 4 is 5.97 Å². The highest BCUT2D eigenvalue weighted by atomic mass is 19.1. The summed E-state index contributed by atoms with van der Waals surface area (Å²) in [5, 5.41) is 0. The third-order valence-corrected chi connectivity index (χ3v) is 2.40. The average Bonchev–Trinajstić information content (AvgIpc) is 2.39. The predicted octanol–water partition coefficient (Wildman–Crippen LogP) is 2.67. The first-order valence-corrected chi connectivity index (χ1v) is 5.01. The van der Waals surface area contributed by atoms with Crippen LogP contribution < -0.4 is 0 Å². The summed E-state index contributed by atoms with van der Waals surface area (Å²) in [4.78, 5) is 15.2. The quantitative estimate of drug-likeness (QED) is 0.746. The Morgan fingerprint density at radius 3 is 2.59 bits per heavy atom. The summed E-state index contributed by atoms with van der Waals surface area (Å²) in [6, 6.07) is 7.98. The first-order chi connectivity index (χ1) is 8.24. The number of carbonyl (C=O) groups excluding carboxylic acids is 1. The van der Waals surface area contributed by atoms with Gasteiger partial charge in [-0.25, -0.2) is 9.18 Å². The lowest BCUT2D eigenvalue weighted by molar-refractivity contribution is 0.0595. The average molecular weight is 231 g/mol. The summed E-state index contributed by atoms with van der Waals surface area (Å²) in [5.41, 5.74) is 0.959. The van der Waals surface area contributed by atoms with Crippen molar-refractivity contribution in [3.05, 3.63) is 54.1 Å². The molecule has 0 saturated carbocycles. The fourth-order valence-corrected chi connectivity index (χ4v) is 1.55. The maximum absolute atomic E-state index is 14.1. The molecule has 3 nitrogen and oxygen atoms in total. The van der Waals surface area contributed by atoms with E-state index in [-0.39, 0.29) is 5.56 Å². The molecule has 1 aromatic carbocycles. The zero-order valence-electron chi connectivity index (χ0n) is 9.18. The lowest BCUT2D eigenvalue weighted by Gasteiger charge is -2.06. The Bertz CT molecular complexity index is 540. The monoisotopic (exact) mass is 231 g/mol. The molecule has 0 fully saturated rings. The van der Waals surface area contributed by atoms with Crippen LogP contribution in [0.5, 0.6) is 0 Å². The Labute approximate surface area is 97.9 Å². The summed E-state index contributed by atoms with van der Waals surface area (Å²) in [5.74, 6) is -1.26. The van der Waals surface area contributed by atoms with Gasteiger partial charge in [0.05, 0.1) is 12.7 Å². The summed E-state index contributed by atoms with van der Waals surface area (Å²) in [7, 11) is 1.22. The first-order valence-electron chi connectivity index (χ1n) is 5.01. The molecule has 2 aromatic rings. The van der Waals surface area contributed by atoms with Gasteiger partial charge in [0.15, 0.2) is 0 Å². The second-order valence-corrected chi connectivity index (χ2v) is 3.39. The van der Waals surface area contributed by atoms with Crippen LogP contribution in [0.2, 0.25) is 0 Å². The third-order valence-electron chi connectivity index (χ3n) is 2.40. The smallest absolute Gasteiger partial charge is 0.340 e. The summed E-state index contributed by atoms with van der Waals surface area (Å²) >= 11 is 0. The maximum atomic E-state index is 14.1. The molecule has 0 radical (unpaired) electrons. The highest BCUT2D eigenvalue weighted by Crippen LogP contribution is 2.24. The molecule has 0 bridgehead atoms. The van der Waals surface area contributed by atoms with Crippen LogP contribution in [0.4, 0.5) is 4.39 Å². The molecule has 0 spiro atoms. The van der Waals surface area contributed by atoms with Crippen molar-refractivity contribution < 1.29 is 13.9 Å². The van der Waals surface area contributed by atoms with E-state index in [1.165, 1.54) is 13.2 Å². The molecular weight excluding hydrogens is 221 g/mol. The van der Waals surface area contributed by atoms with Gasteiger partial charge in [0.1, 0.15) is 5.82 Å². The minimum atomic E-state index is -0.682. The van der Waals surface area contributed by atoms with Crippen LogP contribution in [0.3, 0.4) is 0 Å². The van der Waals surface area contributed by atoms with Gasteiger partial charge >= 0.3 is 5.97 Å². The SMILES string of the molecule is COC(=O)c1cccc(-c2ccncc2)c1F. The van der Waals surface area contributed by atoms with E-state index in [2.05, 4.69) is 9.72 Å². The largest absolute Gasteiger partial charge is 0.465 e. The van der Waals surface area contributed by atoms with Gasteiger partial charge in [-0.2, -0.15) is 0 Å². The fraction of sp³-hybridized carbons (Fsp3) is 0.0769. The molecule has 0 unspecified atom stereocenters. The molecule has 0 saturated heterocycles. The number of halogens is 1. The molecule has 0 amide bonds. The molecule has 0 aliphatic heterocycles. The van der Waals surface area contributed by atoms with Gasteiger partial charge in [0, 0.05) is 18.0 Å². The Kier molecular flexibility index (Phi) is 3.14. The van der Waals surface area contributed by atoms with Crippen LogP contribution in [-0.2, 0) is 4.74 Å². The van der Waals surface area contributed by atoms with Crippen molar-refractivity contribution in [1.29, 1.82) is 0 Å². The van der Waals surface area contributed by atoms with Crippen LogP contribution in [0, 0.1) is 5.82 Å². The molecule has 0 aliphatic carbocycles. The highest BCUT2D eigenvalue weighted by Gasteiger charge is 2.15.